The summed E-state index contributed by atoms with van der Waals surface area (Å²) in [6, 6.07) is 0. The molecule has 1 aliphatic heterocycles. The number of carbonyl (C=O) groups is 1. The average molecular weight is 218 g/mol. The van der Waals surface area contributed by atoms with Crippen LogP contribution in [-0.2, 0) is 6.54 Å². The fourth-order valence-electron chi connectivity index (χ4n) is 1.24. The summed E-state index contributed by atoms with van der Waals surface area (Å²) in [4.78, 5) is 20.5. The van der Waals surface area contributed by atoms with Crippen LogP contribution in [0.25, 0.3) is 0 Å². The molecule has 0 spiro atoms. The Morgan fingerprint density at radius 3 is 2.77 bits per heavy atom. The summed E-state index contributed by atoms with van der Waals surface area (Å²) in [5.41, 5.74) is 0.964. The Morgan fingerprint density at radius 1 is 1.38 bits per heavy atom. The van der Waals surface area contributed by atoms with Gasteiger partial charge in [0.1, 0.15) is 10.8 Å². The van der Waals surface area contributed by atoms with Gasteiger partial charge >= 0.3 is 0 Å². The van der Waals surface area contributed by atoms with Gasteiger partial charge in [-0.25, -0.2) is 9.97 Å². The van der Waals surface area contributed by atoms with E-state index in [1.54, 1.807) is 7.05 Å². The van der Waals surface area contributed by atoms with Crippen molar-refractivity contribution in [2.75, 3.05) is 7.05 Å². The molecule has 0 unspecified atom stereocenters. The Balaban J connectivity index is 2.64. The summed E-state index contributed by atoms with van der Waals surface area (Å²) in [5.74, 6) is -0.166. The van der Waals surface area contributed by atoms with Crippen molar-refractivity contribution < 1.29 is 4.79 Å². The van der Waals surface area contributed by atoms with Gasteiger partial charge in [0.2, 0.25) is 5.28 Å². The van der Waals surface area contributed by atoms with Gasteiger partial charge < -0.3 is 4.90 Å². The van der Waals surface area contributed by atoms with E-state index in [2.05, 4.69) is 9.97 Å². The molecule has 0 bridgehead atoms. The van der Waals surface area contributed by atoms with Gasteiger partial charge in [-0.2, -0.15) is 0 Å². The van der Waals surface area contributed by atoms with Crippen molar-refractivity contribution in [3.05, 3.63) is 21.7 Å². The lowest BCUT2D eigenvalue weighted by molar-refractivity contribution is 0.0812. The van der Waals surface area contributed by atoms with Crippen LogP contribution < -0.4 is 0 Å². The molecule has 1 aromatic rings. The highest BCUT2D eigenvalue weighted by molar-refractivity contribution is 6.33. The van der Waals surface area contributed by atoms with Crippen LogP contribution in [0.1, 0.15) is 16.1 Å². The van der Waals surface area contributed by atoms with Gasteiger partial charge in [0.05, 0.1) is 6.54 Å². The second kappa shape index (κ2) is 2.82. The molecular weight excluding hydrogens is 213 g/mol. The molecule has 0 saturated carbocycles. The number of hydrogen-bond acceptors (Lipinski definition) is 3. The number of nitrogens with zero attached hydrogens (tertiary/aromatic N) is 3. The van der Waals surface area contributed by atoms with E-state index in [1.165, 1.54) is 4.90 Å². The van der Waals surface area contributed by atoms with Crippen LogP contribution in [-0.4, -0.2) is 27.8 Å². The Morgan fingerprint density at radius 2 is 2.08 bits per heavy atom. The van der Waals surface area contributed by atoms with Crippen molar-refractivity contribution in [2.24, 2.45) is 0 Å². The van der Waals surface area contributed by atoms with Crippen LogP contribution in [0.2, 0.25) is 10.4 Å². The van der Waals surface area contributed by atoms with Crippen molar-refractivity contribution in [2.45, 2.75) is 6.54 Å². The van der Waals surface area contributed by atoms with E-state index in [0.717, 1.165) is 0 Å². The molecule has 1 aliphatic rings. The lowest BCUT2D eigenvalue weighted by Gasteiger charge is -2.03. The van der Waals surface area contributed by atoms with Crippen molar-refractivity contribution >= 4 is 29.1 Å². The van der Waals surface area contributed by atoms with E-state index in [9.17, 15) is 4.79 Å². The minimum Gasteiger partial charge on any atom is -0.336 e. The van der Waals surface area contributed by atoms with Crippen molar-refractivity contribution in [3.8, 4) is 0 Å². The van der Waals surface area contributed by atoms with Crippen molar-refractivity contribution in [1.82, 2.24) is 14.9 Å². The Labute approximate surface area is 84.5 Å². The quantitative estimate of drug-likeness (QED) is 0.488. The zero-order valence-corrected chi connectivity index (χ0v) is 8.22. The van der Waals surface area contributed by atoms with Gasteiger partial charge in [-0.3, -0.25) is 4.79 Å². The molecule has 1 amide bonds. The number of aromatic nitrogens is 2. The van der Waals surface area contributed by atoms with Crippen LogP contribution in [0.3, 0.4) is 0 Å². The summed E-state index contributed by atoms with van der Waals surface area (Å²) in [7, 11) is 1.67. The summed E-state index contributed by atoms with van der Waals surface area (Å²) in [6.45, 7) is 0.449. The maximum Gasteiger partial charge on any atom is 0.273 e. The SMILES string of the molecule is CN1Cc2c(Cl)nc(Cl)nc2C1=O. The highest BCUT2D eigenvalue weighted by atomic mass is 35.5. The smallest absolute Gasteiger partial charge is 0.273 e. The first-order chi connectivity index (χ1) is 6.09. The zero-order chi connectivity index (χ0) is 9.59. The number of hydrogen-bond donors (Lipinski definition) is 0. The number of fused-ring (bicyclic) bond motifs is 1. The number of halogens is 2. The van der Waals surface area contributed by atoms with Crippen LogP contribution in [0, 0.1) is 0 Å². The third-order valence-electron chi connectivity index (χ3n) is 1.87. The van der Waals surface area contributed by atoms with Gasteiger partial charge in [-0.05, 0) is 11.6 Å². The molecular formula is C7H5Cl2N3O. The average Bonchev–Trinajstić information content (AvgIpc) is 2.32. The molecule has 2 heterocycles. The van der Waals surface area contributed by atoms with Crippen LogP contribution >= 0.6 is 23.2 Å². The molecule has 13 heavy (non-hydrogen) atoms. The molecule has 0 fully saturated rings. The molecule has 2 rings (SSSR count). The predicted octanol–water partition coefficient (Wildman–Crippen LogP) is 1.37. The highest BCUT2D eigenvalue weighted by Gasteiger charge is 2.29. The number of amides is 1. The lowest BCUT2D eigenvalue weighted by Crippen LogP contribution is -2.18. The van der Waals surface area contributed by atoms with E-state index in [4.69, 9.17) is 23.2 Å². The van der Waals surface area contributed by atoms with Gasteiger partial charge in [0.25, 0.3) is 5.91 Å². The fourth-order valence-corrected chi connectivity index (χ4v) is 1.68. The molecule has 1 aromatic heterocycles. The second-order valence-electron chi connectivity index (χ2n) is 2.77. The molecule has 0 N–H and O–H groups in total. The van der Waals surface area contributed by atoms with Crippen molar-refractivity contribution in [3.63, 3.8) is 0 Å². The lowest BCUT2D eigenvalue weighted by atomic mass is 10.3. The van der Waals surface area contributed by atoms with E-state index >= 15 is 0 Å². The van der Waals surface area contributed by atoms with Gasteiger partial charge in [-0.1, -0.05) is 11.6 Å². The Bertz CT molecular complexity index is 394. The largest absolute Gasteiger partial charge is 0.336 e. The van der Waals surface area contributed by atoms with Crippen LogP contribution in [0.5, 0.6) is 0 Å². The number of carbonyl (C=O) groups excluding carboxylic acids is 1. The van der Waals surface area contributed by atoms with E-state index in [1.807, 2.05) is 0 Å². The first-order valence-corrected chi connectivity index (χ1v) is 4.32. The van der Waals surface area contributed by atoms with Crippen molar-refractivity contribution in [1.29, 1.82) is 0 Å². The first-order valence-electron chi connectivity index (χ1n) is 3.57. The second-order valence-corrected chi connectivity index (χ2v) is 3.47. The summed E-state index contributed by atoms with van der Waals surface area (Å²) in [5, 5.41) is 0.264. The number of rotatable bonds is 0. The molecule has 0 saturated heterocycles. The monoisotopic (exact) mass is 217 g/mol. The predicted molar refractivity (Wildman–Crippen MR) is 47.8 cm³/mol. The Hall–Kier alpha value is -0.870. The highest BCUT2D eigenvalue weighted by Crippen LogP contribution is 2.26. The van der Waals surface area contributed by atoms with Crippen LogP contribution in [0.15, 0.2) is 0 Å². The van der Waals surface area contributed by atoms with Crippen LogP contribution in [0.4, 0.5) is 0 Å². The molecule has 4 nitrogen and oxygen atoms in total. The fraction of sp³-hybridized carbons (Fsp3) is 0.286. The summed E-state index contributed by atoms with van der Waals surface area (Å²) < 4.78 is 0. The van der Waals surface area contributed by atoms with E-state index < -0.39 is 0 Å². The third-order valence-corrected chi connectivity index (χ3v) is 2.36. The minimum atomic E-state index is -0.166. The normalized spacial score (nSPS) is 15.0. The molecule has 0 radical (unpaired) electrons. The van der Waals surface area contributed by atoms with E-state index in [-0.39, 0.29) is 16.3 Å². The maximum absolute atomic E-state index is 11.4. The molecule has 0 aliphatic carbocycles. The molecule has 6 heteroatoms. The van der Waals surface area contributed by atoms with E-state index in [0.29, 0.717) is 17.8 Å². The Kier molecular flexibility index (Phi) is 1.89. The zero-order valence-electron chi connectivity index (χ0n) is 6.71. The molecule has 68 valence electrons. The summed E-state index contributed by atoms with van der Waals surface area (Å²) in [6.07, 6.45) is 0. The van der Waals surface area contributed by atoms with Gasteiger partial charge in [0.15, 0.2) is 0 Å². The first kappa shape index (κ1) is 8.72. The molecule has 0 aromatic carbocycles. The summed E-state index contributed by atoms with van der Waals surface area (Å²) >= 11 is 11.4. The topological polar surface area (TPSA) is 46.1 Å². The standard InChI is InChI=1S/C7H5Cl2N3O/c1-12-2-3-4(6(12)13)10-7(9)11-5(3)8/h2H2,1H3. The van der Waals surface area contributed by atoms with Gasteiger partial charge in [0, 0.05) is 12.6 Å². The maximum atomic E-state index is 11.4. The minimum absolute atomic E-state index is 0.00685. The molecule has 0 atom stereocenters. The third kappa shape index (κ3) is 1.26. The van der Waals surface area contributed by atoms with Gasteiger partial charge in [-0.15, -0.1) is 0 Å².